The number of carboxylic acids is 1. The standard InChI is InChI=1S/C34H33N3O6/c38-30-29(35-33(42)43-26-10-6-7-24(16-26)32(40)41)31(39)37(25-8-2-1-3-9-25)28-12-5-4-11-27(28)36(30)20-34-17-21-13-22(18-34)15-23(14-21)19-34/h1-12,16,21-23,29H,13-15,17-20H2,(H,35,42)(H,40,41). The fourth-order valence-corrected chi connectivity index (χ4v) is 8.41. The molecule has 9 heteroatoms. The average Bonchev–Trinajstić information content (AvgIpc) is 3.06. The van der Waals surface area contributed by atoms with Gasteiger partial charge in [-0.15, -0.1) is 0 Å². The highest BCUT2D eigenvalue weighted by Crippen LogP contribution is 2.60. The molecule has 4 fully saturated rings. The molecule has 4 aliphatic carbocycles. The maximum Gasteiger partial charge on any atom is 0.413 e. The maximum absolute atomic E-state index is 14.5. The molecule has 3 aromatic carbocycles. The topological polar surface area (TPSA) is 116 Å². The van der Waals surface area contributed by atoms with Gasteiger partial charge in [0.2, 0.25) is 0 Å². The van der Waals surface area contributed by atoms with Crippen LogP contribution in [0.25, 0.3) is 0 Å². The number of carbonyl (C=O) groups excluding carboxylic acids is 3. The van der Waals surface area contributed by atoms with Gasteiger partial charge in [0.15, 0.2) is 6.04 Å². The zero-order valence-corrected chi connectivity index (χ0v) is 23.6. The summed E-state index contributed by atoms with van der Waals surface area (Å²) in [6.45, 7) is 0.482. The molecule has 9 nitrogen and oxygen atoms in total. The number of fused-ring (bicyclic) bond motifs is 1. The summed E-state index contributed by atoms with van der Waals surface area (Å²) < 4.78 is 5.38. The molecule has 5 aliphatic rings. The molecule has 1 heterocycles. The lowest BCUT2D eigenvalue weighted by molar-refractivity contribution is -0.129. The third-order valence-electron chi connectivity index (χ3n) is 9.62. The van der Waals surface area contributed by atoms with Crippen molar-refractivity contribution in [2.75, 3.05) is 16.3 Å². The van der Waals surface area contributed by atoms with Crippen LogP contribution in [0.1, 0.15) is 48.9 Å². The van der Waals surface area contributed by atoms with Gasteiger partial charge in [0.1, 0.15) is 5.75 Å². The van der Waals surface area contributed by atoms with Crippen molar-refractivity contribution in [1.29, 1.82) is 0 Å². The Hall–Kier alpha value is -4.66. The predicted molar refractivity (Wildman–Crippen MR) is 159 cm³/mol. The van der Waals surface area contributed by atoms with Gasteiger partial charge in [-0.05, 0) is 104 Å². The van der Waals surface area contributed by atoms with Crippen molar-refractivity contribution in [3.63, 3.8) is 0 Å². The first kappa shape index (κ1) is 27.2. The highest BCUT2D eigenvalue weighted by atomic mass is 16.6. The first-order chi connectivity index (χ1) is 20.8. The zero-order chi connectivity index (χ0) is 29.7. The molecule has 0 radical (unpaired) electrons. The van der Waals surface area contributed by atoms with Gasteiger partial charge in [-0.25, -0.2) is 9.59 Å². The number of carbonyl (C=O) groups is 4. The Labute approximate surface area is 249 Å². The van der Waals surface area contributed by atoms with Crippen LogP contribution in [0.5, 0.6) is 5.75 Å². The molecule has 220 valence electrons. The Bertz CT molecular complexity index is 1570. The number of nitrogens with zero attached hydrogens (tertiary/aromatic N) is 2. The molecule has 3 amide bonds. The van der Waals surface area contributed by atoms with Crippen molar-refractivity contribution in [3.05, 3.63) is 84.4 Å². The van der Waals surface area contributed by atoms with Crippen LogP contribution in [0.2, 0.25) is 0 Å². The molecule has 0 saturated heterocycles. The largest absolute Gasteiger partial charge is 0.478 e. The Kier molecular flexibility index (Phi) is 6.68. The number of rotatable bonds is 6. The van der Waals surface area contributed by atoms with Crippen LogP contribution in [0.15, 0.2) is 78.9 Å². The lowest BCUT2D eigenvalue weighted by Crippen LogP contribution is -2.58. The second-order valence-electron chi connectivity index (χ2n) is 12.6. The van der Waals surface area contributed by atoms with E-state index in [2.05, 4.69) is 5.32 Å². The average molecular weight is 580 g/mol. The number of aromatic carboxylic acids is 1. The minimum absolute atomic E-state index is 0.0143. The van der Waals surface area contributed by atoms with Crippen molar-refractivity contribution in [3.8, 4) is 5.75 Å². The molecular formula is C34H33N3O6. The van der Waals surface area contributed by atoms with E-state index in [0.29, 0.717) is 41.4 Å². The van der Waals surface area contributed by atoms with E-state index in [0.717, 1.165) is 19.3 Å². The molecule has 4 bridgehead atoms. The van der Waals surface area contributed by atoms with Gasteiger partial charge in [-0.2, -0.15) is 0 Å². The van der Waals surface area contributed by atoms with Crippen molar-refractivity contribution < 1.29 is 29.0 Å². The minimum Gasteiger partial charge on any atom is -0.478 e. The van der Waals surface area contributed by atoms with Gasteiger partial charge in [0.25, 0.3) is 11.8 Å². The van der Waals surface area contributed by atoms with Gasteiger partial charge >= 0.3 is 12.1 Å². The first-order valence-corrected chi connectivity index (χ1v) is 14.9. The summed E-state index contributed by atoms with van der Waals surface area (Å²) in [5.74, 6) is -0.267. The van der Waals surface area contributed by atoms with Gasteiger partial charge in [-0.3, -0.25) is 14.5 Å². The van der Waals surface area contributed by atoms with Gasteiger partial charge in [0.05, 0.1) is 16.9 Å². The normalized spacial score (nSPS) is 27.4. The molecule has 2 N–H and O–H groups in total. The third-order valence-corrected chi connectivity index (χ3v) is 9.62. The van der Waals surface area contributed by atoms with Crippen LogP contribution >= 0.6 is 0 Å². The van der Waals surface area contributed by atoms with E-state index in [1.165, 1.54) is 48.4 Å². The molecule has 1 unspecified atom stereocenters. The first-order valence-electron chi connectivity index (χ1n) is 14.9. The number of hydrogen-bond donors (Lipinski definition) is 2. The number of carboxylic acid groups (broad SMARTS) is 1. The van der Waals surface area contributed by atoms with Crippen LogP contribution < -0.4 is 19.9 Å². The lowest BCUT2D eigenvalue weighted by atomic mass is 9.49. The van der Waals surface area contributed by atoms with Crippen LogP contribution in [-0.2, 0) is 9.59 Å². The number of anilines is 3. The summed E-state index contributed by atoms with van der Waals surface area (Å²) in [4.78, 5) is 56.6. The predicted octanol–water partition coefficient (Wildman–Crippen LogP) is 5.77. The molecule has 8 rings (SSSR count). The van der Waals surface area contributed by atoms with Crippen molar-refractivity contribution in [2.45, 2.75) is 44.6 Å². The van der Waals surface area contributed by atoms with Crippen LogP contribution in [0, 0.1) is 23.2 Å². The second kappa shape index (κ2) is 10.6. The molecule has 1 aliphatic heterocycles. The number of nitrogens with one attached hydrogen (secondary N) is 1. The molecule has 0 spiro atoms. The molecule has 3 aromatic rings. The highest BCUT2D eigenvalue weighted by Gasteiger charge is 2.53. The Balaban J connectivity index is 1.26. The monoisotopic (exact) mass is 579 g/mol. The summed E-state index contributed by atoms with van der Waals surface area (Å²) in [5.41, 5.74) is 1.69. The molecule has 0 aromatic heterocycles. The minimum atomic E-state index is -1.56. The Morgan fingerprint density at radius 1 is 0.814 bits per heavy atom. The van der Waals surface area contributed by atoms with Crippen LogP contribution in [0.3, 0.4) is 0 Å². The van der Waals surface area contributed by atoms with Crippen molar-refractivity contribution in [1.82, 2.24) is 5.32 Å². The van der Waals surface area contributed by atoms with Gasteiger partial charge in [0, 0.05) is 12.2 Å². The molecular weight excluding hydrogens is 546 g/mol. The van der Waals surface area contributed by atoms with E-state index in [-0.39, 0.29) is 16.7 Å². The van der Waals surface area contributed by atoms with Gasteiger partial charge in [-0.1, -0.05) is 36.4 Å². The zero-order valence-electron chi connectivity index (χ0n) is 23.6. The number of benzene rings is 3. The maximum atomic E-state index is 14.5. The fourth-order valence-electron chi connectivity index (χ4n) is 8.41. The summed E-state index contributed by atoms with van der Waals surface area (Å²) in [6, 6.07) is 20.4. The van der Waals surface area contributed by atoms with Crippen molar-refractivity contribution >= 4 is 40.9 Å². The van der Waals surface area contributed by atoms with E-state index >= 15 is 0 Å². The summed E-state index contributed by atoms with van der Waals surface area (Å²) in [6.07, 6.45) is 5.99. The lowest BCUT2D eigenvalue weighted by Gasteiger charge is -2.57. The van der Waals surface area contributed by atoms with E-state index in [9.17, 15) is 24.3 Å². The smallest absolute Gasteiger partial charge is 0.413 e. The van der Waals surface area contributed by atoms with E-state index in [1.54, 1.807) is 17.0 Å². The number of ether oxygens (including phenoxy) is 1. The van der Waals surface area contributed by atoms with E-state index in [1.807, 2.05) is 42.5 Å². The SMILES string of the molecule is O=C(NC1C(=O)N(CC23CC4CC(CC(C4)C2)C3)c2ccccc2N(c2ccccc2)C1=O)Oc1cccc(C(=O)O)c1. The Morgan fingerprint density at radius 3 is 2.09 bits per heavy atom. The van der Waals surface area contributed by atoms with Gasteiger partial charge < -0.3 is 20.1 Å². The highest BCUT2D eigenvalue weighted by molar-refractivity contribution is 6.23. The third kappa shape index (κ3) is 5.02. The summed E-state index contributed by atoms with van der Waals surface area (Å²) in [7, 11) is 0. The molecule has 43 heavy (non-hydrogen) atoms. The Morgan fingerprint density at radius 2 is 1.44 bits per heavy atom. The summed E-state index contributed by atoms with van der Waals surface area (Å²) >= 11 is 0. The quantitative estimate of drug-likeness (QED) is 0.358. The second-order valence-corrected chi connectivity index (χ2v) is 12.6. The molecule has 4 saturated carbocycles. The molecule has 1 atom stereocenters. The summed E-state index contributed by atoms with van der Waals surface area (Å²) in [5, 5.41) is 11.9. The number of amides is 3. The fraction of sp³-hybridized carbons (Fsp3) is 0.353. The number of para-hydroxylation sites is 3. The number of hydrogen-bond acceptors (Lipinski definition) is 5. The van der Waals surface area contributed by atoms with Crippen molar-refractivity contribution in [2.24, 2.45) is 23.2 Å². The van der Waals surface area contributed by atoms with E-state index in [4.69, 9.17) is 4.74 Å². The van der Waals surface area contributed by atoms with Crippen LogP contribution in [0.4, 0.5) is 21.9 Å². The van der Waals surface area contributed by atoms with Crippen LogP contribution in [-0.4, -0.2) is 41.6 Å². The van der Waals surface area contributed by atoms with E-state index < -0.39 is 29.9 Å².